The number of fused-ring (bicyclic) bond motifs is 1. The van der Waals surface area contributed by atoms with Crippen LogP contribution >= 0.6 is 11.6 Å². The molecule has 0 spiro atoms. The van der Waals surface area contributed by atoms with E-state index in [1.165, 1.54) is 0 Å². The molecule has 1 amide bonds. The Morgan fingerprint density at radius 3 is 2.88 bits per heavy atom. The number of ether oxygens (including phenoxy) is 1. The maximum Gasteiger partial charge on any atom is 0.243 e. The smallest absolute Gasteiger partial charge is 0.243 e. The molecule has 86 valence electrons. The Balaban J connectivity index is 2.47. The van der Waals surface area contributed by atoms with Crippen molar-refractivity contribution in [3.05, 3.63) is 29.8 Å². The third-order valence-electron chi connectivity index (χ3n) is 2.81. The number of amides is 1. The lowest BCUT2D eigenvalue weighted by atomic mass is 9.94. The zero-order chi connectivity index (χ0) is 11.8. The van der Waals surface area contributed by atoms with Gasteiger partial charge in [-0.15, -0.1) is 11.6 Å². The minimum Gasteiger partial charge on any atom is -0.350 e. The molecule has 0 fully saturated rings. The zero-order valence-electron chi connectivity index (χ0n) is 9.37. The van der Waals surface area contributed by atoms with E-state index in [9.17, 15) is 4.79 Å². The van der Waals surface area contributed by atoms with Gasteiger partial charge >= 0.3 is 0 Å². The van der Waals surface area contributed by atoms with Crippen molar-refractivity contribution in [2.75, 3.05) is 17.5 Å². The van der Waals surface area contributed by atoms with Gasteiger partial charge in [-0.1, -0.05) is 18.2 Å². The molecule has 1 heterocycles. The molecule has 2 rings (SSSR count). The Labute approximate surface area is 100.0 Å². The normalized spacial score (nSPS) is 18.1. The molecule has 1 aliphatic heterocycles. The average molecular weight is 240 g/mol. The molecule has 3 nitrogen and oxygen atoms in total. The van der Waals surface area contributed by atoms with Crippen LogP contribution in [0.1, 0.15) is 19.4 Å². The van der Waals surface area contributed by atoms with Crippen molar-refractivity contribution in [1.82, 2.24) is 0 Å². The highest BCUT2D eigenvalue weighted by Gasteiger charge is 2.33. The summed E-state index contributed by atoms with van der Waals surface area (Å²) in [7, 11) is 0. The molecule has 0 N–H and O–H groups in total. The van der Waals surface area contributed by atoms with E-state index in [4.69, 9.17) is 16.3 Å². The highest BCUT2D eigenvalue weighted by Crippen LogP contribution is 2.37. The highest BCUT2D eigenvalue weighted by molar-refractivity contribution is 6.29. The minimum atomic E-state index is -0.361. The molecule has 4 heteroatoms. The lowest BCUT2D eigenvalue weighted by Gasteiger charge is -2.38. The van der Waals surface area contributed by atoms with E-state index in [0.717, 1.165) is 11.3 Å². The van der Waals surface area contributed by atoms with Crippen molar-refractivity contribution in [3.8, 4) is 0 Å². The number of benzene rings is 1. The first-order valence-corrected chi connectivity index (χ1v) is 5.69. The monoisotopic (exact) mass is 239 g/mol. The van der Waals surface area contributed by atoms with Crippen LogP contribution in [-0.4, -0.2) is 18.5 Å². The quantitative estimate of drug-likeness (QED) is 0.705. The van der Waals surface area contributed by atoms with E-state index in [2.05, 4.69) is 0 Å². The summed E-state index contributed by atoms with van der Waals surface area (Å²) in [6, 6.07) is 7.75. The number of halogens is 1. The number of anilines is 1. The van der Waals surface area contributed by atoms with Crippen LogP contribution in [0.5, 0.6) is 0 Å². The first-order valence-electron chi connectivity index (χ1n) is 5.16. The fraction of sp³-hybridized carbons (Fsp3) is 0.417. The van der Waals surface area contributed by atoms with Gasteiger partial charge < -0.3 is 4.74 Å². The van der Waals surface area contributed by atoms with E-state index in [1.54, 1.807) is 4.90 Å². The highest BCUT2D eigenvalue weighted by atomic mass is 35.5. The Morgan fingerprint density at radius 2 is 2.19 bits per heavy atom. The topological polar surface area (TPSA) is 29.5 Å². The number of nitrogens with zero attached hydrogens (tertiary/aromatic N) is 1. The van der Waals surface area contributed by atoms with Gasteiger partial charge in [0.05, 0.1) is 11.3 Å². The molecule has 0 saturated heterocycles. The maximum absolute atomic E-state index is 11.7. The van der Waals surface area contributed by atoms with E-state index >= 15 is 0 Å². The van der Waals surface area contributed by atoms with Gasteiger partial charge in [-0.3, -0.25) is 9.69 Å². The van der Waals surface area contributed by atoms with Gasteiger partial charge in [0.1, 0.15) is 12.6 Å². The van der Waals surface area contributed by atoms with E-state index in [1.807, 2.05) is 38.1 Å². The summed E-state index contributed by atoms with van der Waals surface area (Å²) in [5.41, 5.74) is 1.55. The van der Waals surface area contributed by atoms with Gasteiger partial charge in [0, 0.05) is 5.56 Å². The standard InChI is InChI=1S/C12H14ClNO2/c1-12(2)9-5-3-4-6-10(9)14(8-16-12)11(15)7-13/h3-6H,7-8H2,1-2H3. The van der Waals surface area contributed by atoms with E-state index in [0.29, 0.717) is 0 Å². The van der Waals surface area contributed by atoms with Crippen LogP contribution in [0.3, 0.4) is 0 Å². The van der Waals surface area contributed by atoms with Crippen molar-refractivity contribution in [2.24, 2.45) is 0 Å². The molecule has 0 atom stereocenters. The number of rotatable bonds is 1. The second kappa shape index (κ2) is 4.07. The number of hydrogen-bond acceptors (Lipinski definition) is 2. The second-order valence-corrected chi connectivity index (χ2v) is 4.52. The van der Waals surface area contributed by atoms with Crippen molar-refractivity contribution >= 4 is 23.2 Å². The summed E-state index contributed by atoms with van der Waals surface area (Å²) in [6.07, 6.45) is 0. The Hall–Kier alpha value is -1.06. The average Bonchev–Trinajstić information content (AvgIpc) is 2.28. The molecule has 0 unspecified atom stereocenters. The predicted octanol–water partition coefficient (Wildman–Crippen LogP) is 2.48. The second-order valence-electron chi connectivity index (χ2n) is 4.26. The Morgan fingerprint density at radius 1 is 1.50 bits per heavy atom. The molecule has 1 aromatic rings. The van der Waals surface area contributed by atoms with Crippen molar-refractivity contribution in [3.63, 3.8) is 0 Å². The molecule has 0 aromatic heterocycles. The molecule has 16 heavy (non-hydrogen) atoms. The summed E-state index contributed by atoms with van der Waals surface area (Å²) >= 11 is 5.58. The van der Waals surface area contributed by atoms with Gasteiger partial charge in [0.15, 0.2) is 0 Å². The summed E-state index contributed by atoms with van der Waals surface area (Å²) in [6.45, 7) is 4.25. The third kappa shape index (κ3) is 1.81. The van der Waals surface area contributed by atoms with Gasteiger partial charge in [0.2, 0.25) is 5.91 Å². The summed E-state index contributed by atoms with van der Waals surface area (Å²) in [4.78, 5) is 13.2. The SMILES string of the molecule is CC1(C)OCN(C(=O)CCl)c2ccccc21. The summed E-state index contributed by atoms with van der Waals surface area (Å²) < 4.78 is 5.67. The Bertz CT molecular complexity index is 417. The fourth-order valence-corrected chi connectivity index (χ4v) is 2.01. The van der Waals surface area contributed by atoms with Crippen molar-refractivity contribution < 1.29 is 9.53 Å². The molecular formula is C12H14ClNO2. The Kier molecular flexibility index (Phi) is 2.91. The summed E-state index contributed by atoms with van der Waals surface area (Å²) in [5.74, 6) is -0.164. The van der Waals surface area contributed by atoms with E-state index in [-0.39, 0.29) is 24.1 Å². The van der Waals surface area contributed by atoms with Crippen molar-refractivity contribution in [2.45, 2.75) is 19.4 Å². The number of para-hydroxylation sites is 1. The summed E-state index contributed by atoms with van der Waals surface area (Å²) in [5, 5.41) is 0. The third-order valence-corrected chi connectivity index (χ3v) is 3.04. The first kappa shape index (κ1) is 11.4. The largest absolute Gasteiger partial charge is 0.350 e. The molecule has 0 saturated carbocycles. The van der Waals surface area contributed by atoms with Crippen LogP contribution in [0.25, 0.3) is 0 Å². The van der Waals surface area contributed by atoms with Crippen LogP contribution in [0.2, 0.25) is 0 Å². The van der Waals surface area contributed by atoms with Gasteiger partial charge in [-0.05, 0) is 19.9 Å². The predicted molar refractivity (Wildman–Crippen MR) is 63.6 cm³/mol. The molecule has 0 aliphatic carbocycles. The van der Waals surface area contributed by atoms with Crippen LogP contribution in [0, 0.1) is 0 Å². The number of carbonyl (C=O) groups is 1. The zero-order valence-corrected chi connectivity index (χ0v) is 10.1. The molecule has 0 bridgehead atoms. The number of carbonyl (C=O) groups excluding carboxylic acids is 1. The lowest BCUT2D eigenvalue weighted by molar-refractivity contribution is -0.119. The van der Waals surface area contributed by atoms with Crippen LogP contribution < -0.4 is 4.90 Å². The fourth-order valence-electron chi connectivity index (χ4n) is 1.87. The number of alkyl halides is 1. The molecule has 1 aromatic carbocycles. The van der Waals surface area contributed by atoms with Gasteiger partial charge in [-0.2, -0.15) is 0 Å². The van der Waals surface area contributed by atoms with E-state index < -0.39 is 0 Å². The number of hydrogen-bond donors (Lipinski definition) is 0. The van der Waals surface area contributed by atoms with Gasteiger partial charge in [0.25, 0.3) is 0 Å². The van der Waals surface area contributed by atoms with Crippen LogP contribution in [-0.2, 0) is 15.1 Å². The lowest BCUT2D eigenvalue weighted by Crippen LogP contribution is -2.43. The molecule has 0 radical (unpaired) electrons. The molecular weight excluding hydrogens is 226 g/mol. The minimum absolute atomic E-state index is 0.0296. The first-order chi connectivity index (χ1) is 7.56. The van der Waals surface area contributed by atoms with Crippen LogP contribution in [0.15, 0.2) is 24.3 Å². The van der Waals surface area contributed by atoms with Crippen molar-refractivity contribution in [1.29, 1.82) is 0 Å². The molecule has 1 aliphatic rings. The maximum atomic E-state index is 11.7. The van der Waals surface area contributed by atoms with Gasteiger partial charge in [-0.25, -0.2) is 0 Å². The van der Waals surface area contributed by atoms with Crippen LogP contribution in [0.4, 0.5) is 5.69 Å².